The quantitative estimate of drug-likeness (QED) is 0.419. The van der Waals surface area contributed by atoms with Crippen molar-refractivity contribution in [2.45, 2.75) is 12.8 Å². The van der Waals surface area contributed by atoms with Crippen molar-refractivity contribution in [2.75, 3.05) is 0 Å². The summed E-state index contributed by atoms with van der Waals surface area (Å²) in [5.41, 5.74) is 1.24. The van der Waals surface area contributed by atoms with Crippen molar-refractivity contribution in [3.63, 3.8) is 0 Å². The maximum Gasteiger partial charge on any atom is 0.0427 e. The van der Waals surface area contributed by atoms with E-state index in [-0.39, 0.29) is 5.92 Å². The lowest BCUT2D eigenvalue weighted by molar-refractivity contribution is 1.02. The van der Waals surface area contributed by atoms with E-state index in [1.54, 1.807) is 0 Å². The van der Waals surface area contributed by atoms with Crippen molar-refractivity contribution in [3.05, 3.63) is 60.2 Å². The number of hydrogen-bond donors (Lipinski definition) is 0. The summed E-state index contributed by atoms with van der Waals surface area (Å²) in [5.74, 6) is 2.97. The molecule has 0 N–H and O–H groups in total. The predicted octanol–water partition coefficient (Wildman–Crippen LogP) is 4.73. The molecule has 3 rings (SSSR count). The van der Waals surface area contributed by atoms with Gasteiger partial charge in [0.15, 0.2) is 0 Å². The van der Waals surface area contributed by atoms with Gasteiger partial charge in [-0.25, -0.2) is 0 Å². The van der Waals surface area contributed by atoms with Gasteiger partial charge in [-0.15, -0.1) is 6.42 Å². The summed E-state index contributed by atoms with van der Waals surface area (Å²) in [7, 11) is 0. The maximum absolute atomic E-state index is 5.56. The highest BCUT2D eigenvalue weighted by atomic mass is 14.1. The van der Waals surface area contributed by atoms with E-state index in [2.05, 4.69) is 67.4 Å². The van der Waals surface area contributed by atoms with E-state index < -0.39 is 0 Å². The van der Waals surface area contributed by atoms with Gasteiger partial charge < -0.3 is 0 Å². The van der Waals surface area contributed by atoms with Crippen LogP contribution in [0.5, 0.6) is 0 Å². The van der Waals surface area contributed by atoms with Crippen molar-refractivity contribution in [3.8, 4) is 12.3 Å². The molecular formula is C18H14. The van der Waals surface area contributed by atoms with Crippen molar-refractivity contribution < 1.29 is 0 Å². The topological polar surface area (TPSA) is 0 Å². The Kier molecular flexibility index (Phi) is 2.54. The fourth-order valence-corrected chi connectivity index (χ4v) is 2.46. The number of hydrogen-bond acceptors (Lipinski definition) is 0. The third kappa shape index (κ3) is 1.65. The van der Waals surface area contributed by atoms with Gasteiger partial charge in [-0.1, -0.05) is 48.4 Å². The highest BCUT2D eigenvalue weighted by Gasteiger charge is 2.07. The molecule has 1 atom stereocenters. The van der Waals surface area contributed by atoms with E-state index in [9.17, 15) is 0 Å². The molecule has 0 aliphatic rings. The van der Waals surface area contributed by atoms with Gasteiger partial charge in [0.25, 0.3) is 0 Å². The molecule has 0 heteroatoms. The highest BCUT2D eigenvalue weighted by molar-refractivity contribution is 5.99. The first-order valence-corrected chi connectivity index (χ1v) is 6.17. The summed E-state index contributed by atoms with van der Waals surface area (Å²) in [4.78, 5) is 0. The molecule has 86 valence electrons. The molecule has 0 radical (unpaired) electrons. The lowest BCUT2D eigenvalue weighted by atomic mass is 9.93. The van der Waals surface area contributed by atoms with Gasteiger partial charge in [-0.05, 0) is 46.2 Å². The molecular weight excluding hydrogens is 216 g/mol. The minimum absolute atomic E-state index is 0.148. The fraction of sp³-hybridized carbons (Fsp3) is 0.111. The summed E-state index contributed by atoms with van der Waals surface area (Å²) in [6, 6.07) is 19.3. The van der Waals surface area contributed by atoms with Crippen LogP contribution < -0.4 is 0 Å². The normalized spacial score (nSPS) is 12.4. The van der Waals surface area contributed by atoms with Crippen LogP contribution in [0.3, 0.4) is 0 Å². The summed E-state index contributed by atoms with van der Waals surface area (Å²) in [5, 5.41) is 5.06. The van der Waals surface area contributed by atoms with E-state index in [4.69, 9.17) is 6.42 Å². The molecule has 0 nitrogen and oxygen atoms in total. The van der Waals surface area contributed by atoms with Gasteiger partial charge >= 0.3 is 0 Å². The third-order valence-corrected chi connectivity index (χ3v) is 3.50. The van der Waals surface area contributed by atoms with Crippen molar-refractivity contribution >= 4 is 21.5 Å². The summed E-state index contributed by atoms with van der Waals surface area (Å²) >= 11 is 0. The van der Waals surface area contributed by atoms with Crippen LogP contribution in [0.4, 0.5) is 0 Å². The first kappa shape index (κ1) is 10.9. The molecule has 0 aliphatic heterocycles. The van der Waals surface area contributed by atoms with E-state index >= 15 is 0 Å². The minimum Gasteiger partial charge on any atom is -0.119 e. The van der Waals surface area contributed by atoms with Crippen LogP contribution in [-0.2, 0) is 0 Å². The second kappa shape index (κ2) is 4.20. The monoisotopic (exact) mass is 230 g/mol. The summed E-state index contributed by atoms with van der Waals surface area (Å²) < 4.78 is 0. The van der Waals surface area contributed by atoms with E-state index in [0.717, 1.165) is 0 Å². The molecule has 18 heavy (non-hydrogen) atoms. The maximum atomic E-state index is 5.56. The van der Waals surface area contributed by atoms with Crippen molar-refractivity contribution in [1.29, 1.82) is 0 Å². The Morgan fingerprint density at radius 3 is 2.28 bits per heavy atom. The first-order valence-electron chi connectivity index (χ1n) is 6.17. The van der Waals surface area contributed by atoms with Crippen LogP contribution in [-0.4, -0.2) is 0 Å². The van der Waals surface area contributed by atoms with Gasteiger partial charge in [0, 0.05) is 5.92 Å². The number of fused-ring (bicyclic) bond motifs is 2. The average Bonchev–Trinajstić information content (AvgIpc) is 2.43. The standard InChI is InChI=1S/C18H14/c1-3-13(2)17-10-6-9-16-11-14-7-4-5-8-15(14)12-18(16)17/h1,4-13H,2H3. The lowest BCUT2D eigenvalue weighted by Crippen LogP contribution is -1.91. The second-order valence-corrected chi connectivity index (χ2v) is 4.66. The first-order chi connectivity index (χ1) is 8.79. The number of terminal acetylenes is 1. The highest BCUT2D eigenvalue weighted by Crippen LogP contribution is 2.29. The van der Waals surface area contributed by atoms with E-state index in [0.29, 0.717) is 0 Å². The summed E-state index contributed by atoms with van der Waals surface area (Å²) in [6.45, 7) is 2.07. The lowest BCUT2D eigenvalue weighted by Gasteiger charge is -2.10. The van der Waals surface area contributed by atoms with Crippen LogP contribution in [0.2, 0.25) is 0 Å². The largest absolute Gasteiger partial charge is 0.119 e. The molecule has 1 unspecified atom stereocenters. The van der Waals surface area contributed by atoms with Crippen molar-refractivity contribution in [2.24, 2.45) is 0 Å². The number of benzene rings is 3. The van der Waals surface area contributed by atoms with Crippen LogP contribution in [0.1, 0.15) is 18.4 Å². The molecule has 3 aromatic carbocycles. The zero-order valence-corrected chi connectivity index (χ0v) is 10.4. The molecule has 0 amide bonds. The van der Waals surface area contributed by atoms with Gasteiger partial charge in [0.1, 0.15) is 0 Å². The Morgan fingerprint density at radius 2 is 1.56 bits per heavy atom. The Bertz CT molecular complexity index is 760. The second-order valence-electron chi connectivity index (χ2n) is 4.66. The Morgan fingerprint density at radius 1 is 0.889 bits per heavy atom. The van der Waals surface area contributed by atoms with Gasteiger partial charge in [0.2, 0.25) is 0 Å². The summed E-state index contributed by atoms with van der Waals surface area (Å²) in [6.07, 6.45) is 5.56. The molecule has 0 aliphatic carbocycles. The van der Waals surface area contributed by atoms with Gasteiger partial charge in [0.05, 0.1) is 0 Å². The van der Waals surface area contributed by atoms with Gasteiger partial charge in [-0.3, -0.25) is 0 Å². The van der Waals surface area contributed by atoms with E-state index in [1.807, 2.05) is 0 Å². The molecule has 0 bridgehead atoms. The van der Waals surface area contributed by atoms with Gasteiger partial charge in [-0.2, -0.15) is 0 Å². The molecule has 0 fully saturated rings. The fourth-order valence-electron chi connectivity index (χ4n) is 2.46. The molecule has 0 spiro atoms. The molecule has 0 saturated carbocycles. The van der Waals surface area contributed by atoms with E-state index in [1.165, 1.54) is 27.1 Å². The molecule has 0 aromatic heterocycles. The molecule has 0 saturated heterocycles. The van der Waals surface area contributed by atoms with Crippen molar-refractivity contribution in [1.82, 2.24) is 0 Å². The van der Waals surface area contributed by atoms with Crippen LogP contribution >= 0.6 is 0 Å². The molecule has 0 heterocycles. The zero-order chi connectivity index (χ0) is 12.5. The minimum atomic E-state index is 0.148. The SMILES string of the molecule is C#CC(C)c1cccc2cc3ccccc3cc12. The molecule has 3 aromatic rings. The predicted molar refractivity (Wildman–Crippen MR) is 78.7 cm³/mol. The number of rotatable bonds is 1. The zero-order valence-electron chi connectivity index (χ0n) is 10.4. The third-order valence-electron chi connectivity index (χ3n) is 3.50. The Balaban J connectivity index is 2.40. The Labute approximate surface area is 107 Å². The van der Waals surface area contributed by atoms with Crippen LogP contribution in [0, 0.1) is 12.3 Å². The Hall–Kier alpha value is -2.26. The smallest absolute Gasteiger partial charge is 0.0427 e. The van der Waals surface area contributed by atoms with Crippen LogP contribution in [0.25, 0.3) is 21.5 Å². The average molecular weight is 230 g/mol. The van der Waals surface area contributed by atoms with Crippen LogP contribution in [0.15, 0.2) is 54.6 Å².